The Kier molecular flexibility index (Phi) is 7.21. The van der Waals surface area contributed by atoms with Gasteiger partial charge in [0, 0.05) is 22.0 Å². The van der Waals surface area contributed by atoms with E-state index >= 15 is 0 Å². The number of hydrogen-bond acceptors (Lipinski definition) is 5. The molecule has 0 aliphatic carbocycles. The van der Waals surface area contributed by atoms with Crippen LogP contribution in [-0.4, -0.2) is 36.6 Å². The highest BCUT2D eigenvalue weighted by Crippen LogP contribution is 2.36. The lowest BCUT2D eigenvalue weighted by molar-refractivity contribution is 0.211. The lowest BCUT2D eigenvalue weighted by Gasteiger charge is -2.19. The van der Waals surface area contributed by atoms with E-state index in [4.69, 9.17) is 11.6 Å². The van der Waals surface area contributed by atoms with Crippen molar-refractivity contribution in [3.05, 3.63) is 48.0 Å². The summed E-state index contributed by atoms with van der Waals surface area (Å²) in [7, 11) is -4.31. The first-order valence-corrected chi connectivity index (χ1v) is 11.2. The van der Waals surface area contributed by atoms with Crippen LogP contribution in [0.1, 0.15) is 26.3 Å². The highest BCUT2D eigenvalue weighted by molar-refractivity contribution is 7.99. The monoisotopic (exact) mass is 429 g/mol. The number of benzene rings is 2. The summed E-state index contributed by atoms with van der Waals surface area (Å²) in [6, 6.07) is 12.3. The topological polar surface area (TPSA) is 86.6 Å². The van der Waals surface area contributed by atoms with Crippen LogP contribution in [0, 0.1) is 0 Å². The van der Waals surface area contributed by atoms with Gasteiger partial charge in [-0.25, -0.2) is 0 Å². The zero-order chi connectivity index (χ0) is 20.2. The van der Waals surface area contributed by atoms with Gasteiger partial charge in [-0.15, -0.1) is 11.6 Å². The maximum atomic E-state index is 11.5. The molecule has 0 aromatic heterocycles. The first kappa shape index (κ1) is 22.0. The second-order valence-electron chi connectivity index (χ2n) is 7.20. The summed E-state index contributed by atoms with van der Waals surface area (Å²) in [6.07, 6.45) is -0.725. The summed E-state index contributed by atoms with van der Waals surface area (Å²) in [5.74, 6) is 0.0901. The van der Waals surface area contributed by atoms with Crippen molar-refractivity contribution >= 4 is 39.2 Å². The summed E-state index contributed by atoms with van der Waals surface area (Å²) < 4.78 is 32.3. The highest BCUT2D eigenvalue weighted by Gasteiger charge is 2.16. The largest absolute Gasteiger partial charge is 0.390 e. The Labute approximate surface area is 169 Å². The predicted octanol–water partition coefficient (Wildman–Crippen LogP) is 4.39. The van der Waals surface area contributed by atoms with E-state index in [0.717, 1.165) is 4.90 Å². The molecule has 0 fully saturated rings. The second kappa shape index (κ2) is 8.84. The van der Waals surface area contributed by atoms with Gasteiger partial charge in [0.2, 0.25) is 0 Å². The van der Waals surface area contributed by atoms with Crippen LogP contribution in [0.4, 0.5) is 5.69 Å². The average Bonchev–Trinajstić information content (AvgIpc) is 2.59. The maximum absolute atomic E-state index is 11.5. The molecule has 0 radical (unpaired) electrons. The number of alkyl halides is 1. The van der Waals surface area contributed by atoms with Crippen LogP contribution in [0.25, 0.3) is 0 Å². The third kappa shape index (κ3) is 6.40. The van der Waals surface area contributed by atoms with Gasteiger partial charge >= 0.3 is 0 Å². The van der Waals surface area contributed by atoms with Crippen LogP contribution >= 0.6 is 23.4 Å². The molecule has 0 amide bonds. The van der Waals surface area contributed by atoms with Gasteiger partial charge in [0.1, 0.15) is 0 Å². The molecule has 27 heavy (non-hydrogen) atoms. The van der Waals surface area contributed by atoms with Crippen LogP contribution in [0.5, 0.6) is 0 Å². The molecule has 0 saturated heterocycles. The van der Waals surface area contributed by atoms with Crippen molar-refractivity contribution in [3.63, 3.8) is 0 Å². The number of rotatable bonds is 7. The van der Waals surface area contributed by atoms with E-state index in [-0.39, 0.29) is 22.7 Å². The molecule has 0 spiro atoms. The normalized spacial score (nSPS) is 13.4. The number of anilines is 1. The van der Waals surface area contributed by atoms with Crippen molar-refractivity contribution in [2.45, 2.75) is 47.0 Å². The molecule has 2 aromatic rings. The van der Waals surface area contributed by atoms with Crippen molar-refractivity contribution in [2.75, 3.05) is 17.7 Å². The van der Waals surface area contributed by atoms with Gasteiger partial charge in [0.05, 0.1) is 16.9 Å². The van der Waals surface area contributed by atoms with E-state index in [1.165, 1.54) is 29.5 Å². The molecular weight excluding hydrogens is 406 g/mol. The van der Waals surface area contributed by atoms with Crippen molar-refractivity contribution in [3.8, 4) is 0 Å². The summed E-state index contributed by atoms with van der Waals surface area (Å²) >= 11 is 6.99. The minimum Gasteiger partial charge on any atom is -0.390 e. The molecule has 1 unspecified atom stereocenters. The van der Waals surface area contributed by atoms with Crippen LogP contribution < -0.4 is 5.32 Å². The van der Waals surface area contributed by atoms with Crippen LogP contribution in [0.2, 0.25) is 0 Å². The van der Waals surface area contributed by atoms with E-state index in [1.54, 1.807) is 6.07 Å². The molecule has 0 saturated carbocycles. The van der Waals surface area contributed by atoms with E-state index in [1.807, 2.05) is 24.3 Å². The third-order valence-electron chi connectivity index (χ3n) is 3.91. The summed E-state index contributed by atoms with van der Waals surface area (Å²) in [4.78, 5) is 1.37. The van der Waals surface area contributed by atoms with Crippen molar-refractivity contribution in [1.29, 1.82) is 0 Å². The third-order valence-corrected chi connectivity index (χ3v) is 6.18. The molecule has 148 valence electrons. The van der Waals surface area contributed by atoms with Gasteiger partial charge in [-0.2, -0.15) is 8.42 Å². The molecule has 2 aromatic carbocycles. The number of halogens is 1. The Balaban J connectivity index is 2.33. The lowest BCUT2D eigenvalue weighted by Crippen LogP contribution is -2.21. The van der Waals surface area contributed by atoms with Crippen LogP contribution in [0.15, 0.2) is 57.2 Å². The fourth-order valence-electron chi connectivity index (χ4n) is 2.33. The number of aliphatic hydroxyl groups excluding tert-OH is 1. The van der Waals surface area contributed by atoms with Gasteiger partial charge < -0.3 is 10.4 Å². The zero-order valence-corrected chi connectivity index (χ0v) is 17.8. The predicted molar refractivity (Wildman–Crippen MR) is 111 cm³/mol. The van der Waals surface area contributed by atoms with Gasteiger partial charge in [0.25, 0.3) is 10.1 Å². The van der Waals surface area contributed by atoms with Crippen LogP contribution in [0.3, 0.4) is 0 Å². The molecule has 2 rings (SSSR count). The van der Waals surface area contributed by atoms with E-state index in [9.17, 15) is 18.1 Å². The van der Waals surface area contributed by atoms with Crippen molar-refractivity contribution in [1.82, 2.24) is 0 Å². The highest BCUT2D eigenvalue weighted by atomic mass is 35.5. The minimum atomic E-state index is -4.31. The molecule has 0 aliphatic rings. The van der Waals surface area contributed by atoms with E-state index in [0.29, 0.717) is 10.6 Å². The van der Waals surface area contributed by atoms with Gasteiger partial charge in [-0.05, 0) is 41.3 Å². The molecule has 1 atom stereocenters. The Morgan fingerprint density at radius 1 is 1.15 bits per heavy atom. The second-order valence-corrected chi connectivity index (χ2v) is 10.0. The van der Waals surface area contributed by atoms with Crippen molar-refractivity contribution in [2.24, 2.45) is 0 Å². The number of hydrogen-bond donors (Lipinski definition) is 3. The smallest absolute Gasteiger partial charge is 0.294 e. The Morgan fingerprint density at radius 3 is 2.30 bits per heavy atom. The molecule has 0 bridgehead atoms. The molecule has 5 nitrogen and oxygen atoms in total. The first-order valence-electron chi connectivity index (χ1n) is 8.38. The van der Waals surface area contributed by atoms with Gasteiger partial charge in [-0.3, -0.25) is 4.55 Å². The summed E-state index contributed by atoms with van der Waals surface area (Å²) in [6.45, 7) is 6.63. The van der Waals surface area contributed by atoms with E-state index < -0.39 is 16.2 Å². The van der Waals surface area contributed by atoms with E-state index in [2.05, 4.69) is 26.1 Å². The Morgan fingerprint density at radius 2 is 1.78 bits per heavy atom. The number of aliphatic hydroxyl groups is 1. The fourth-order valence-corrected chi connectivity index (χ4v) is 3.98. The van der Waals surface area contributed by atoms with Gasteiger partial charge in [0.15, 0.2) is 0 Å². The summed E-state index contributed by atoms with van der Waals surface area (Å²) in [5.41, 5.74) is 1.89. The molecule has 0 aliphatic heterocycles. The summed E-state index contributed by atoms with van der Waals surface area (Å²) in [5, 5.41) is 12.7. The Hall–Kier alpha value is -1.25. The standard InChI is InChI=1S/C19H24ClNO4S2/c1-19(2,3)13-4-6-15(7-5-13)26-18-10-16(27(23,24)25)8-9-17(18)21-12-14(22)11-20/h4-10,14,21-22H,11-12H2,1-3H3,(H,23,24,25). The SMILES string of the molecule is CC(C)(C)c1ccc(Sc2cc(S(=O)(=O)O)ccc2NCC(O)CCl)cc1. The Bertz CT molecular complexity index is 878. The maximum Gasteiger partial charge on any atom is 0.294 e. The van der Waals surface area contributed by atoms with Crippen LogP contribution in [-0.2, 0) is 15.5 Å². The fraction of sp³-hybridized carbons (Fsp3) is 0.368. The van der Waals surface area contributed by atoms with Crippen molar-refractivity contribution < 1.29 is 18.1 Å². The quantitative estimate of drug-likeness (QED) is 0.447. The lowest BCUT2D eigenvalue weighted by atomic mass is 9.87. The first-order chi connectivity index (χ1) is 12.5. The molecule has 0 heterocycles. The molecule has 3 N–H and O–H groups in total. The average molecular weight is 430 g/mol. The van der Waals surface area contributed by atoms with Gasteiger partial charge in [-0.1, -0.05) is 44.7 Å². The molecule has 8 heteroatoms. The minimum absolute atomic E-state index is 0.0402. The number of nitrogens with one attached hydrogen (secondary N) is 1. The molecular formula is C19H24ClNO4S2. The zero-order valence-electron chi connectivity index (χ0n) is 15.4.